The van der Waals surface area contributed by atoms with Crippen molar-refractivity contribution in [2.24, 2.45) is 0 Å². The molecule has 40 heavy (non-hydrogen) atoms. The molecule has 0 radical (unpaired) electrons. The maximum absolute atomic E-state index is 13.7. The van der Waals surface area contributed by atoms with Crippen molar-refractivity contribution >= 4 is 35.3 Å². The van der Waals surface area contributed by atoms with E-state index >= 15 is 0 Å². The first kappa shape index (κ1) is 28.1. The Balaban J connectivity index is 1.32. The van der Waals surface area contributed by atoms with E-state index in [1.165, 1.54) is 49.6 Å². The van der Waals surface area contributed by atoms with Gasteiger partial charge in [0.25, 0.3) is 11.8 Å². The Morgan fingerprint density at radius 3 is 2.65 bits per heavy atom. The number of amides is 2. The Bertz CT molecular complexity index is 1360. The van der Waals surface area contributed by atoms with Gasteiger partial charge >= 0.3 is 0 Å². The third-order valence-corrected chi connectivity index (χ3v) is 8.74. The highest BCUT2D eigenvalue weighted by Crippen LogP contribution is 2.43. The molecule has 2 amide bonds. The van der Waals surface area contributed by atoms with Crippen molar-refractivity contribution in [3.8, 4) is 0 Å². The van der Waals surface area contributed by atoms with E-state index < -0.39 is 0 Å². The summed E-state index contributed by atoms with van der Waals surface area (Å²) in [6, 6.07) is 22.1. The molecule has 0 aliphatic carbocycles. The Morgan fingerprint density at radius 1 is 1.07 bits per heavy atom. The van der Waals surface area contributed by atoms with Gasteiger partial charge in [0.2, 0.25) is 0 Å². The molecular weight excluding hydrogens is 521 g/mol. The van der Waals surface area contributed by atoms with Gasteiger partial charge in [-0.05, 0) is 79.8 Å². The van der Waals surface area contributed by atoms with E-state index in [1.54, 1.807) is 23.1 Å². The van der Waals surface area contributed by atoms with Gasteiger partial charge in [-0.3, -0.25) is 9.59 Å². The fourth-order valence-electron chi connectivity index (χ4n) is 5.48. The lowest BCUT2D eigenvalue weighted by Crippen LogP contribution is -2.40. The summed E-state index contributed by atoms with van der Waals surface area (Å²) in [6.07, 6.45) is 7.81. The molecule has 1 fully saturated rings. The van der Waals surface area contributed by atoms with Crippen LogP contribution in [0.25, 0.3) is 6.08 Å². The van der Waals surface area contributed by atoms with E-state index in [2.05, 4.69) is 17.1 Å². The number of nitrogens with zero attached hydrogens (tertiary/aromatic N) is 2. The molecule has 3 aromatic carbocycles. The summed E-state index contributed by atoms with van der Waals surface area (Å²) < 4.78 is 13.6. The van der Waals surface area contributed by atoms with Crippen LogP contribution in [-0.2, 0) is 11.3 Å². The van der Waals surface area contributed by atoms with Crippen molar-refractivity contribution in [3.63, 3.8) is 0 Å². The first-order valence-electron chi connectivity index (χ1n) is 14.2. The number of nitrogens with one attached hydrogen (secondary N) is 1. The van der Waals surface area contributed by atoms with Gasteiger partial charge in [0, 0.05) is 29.6 Å². The van der Waals surface area contributed by atoms with E-state index in [1.807, 2.05) is 48.5 Å². The van der Waals surface area contributed by atoms with Crippen molar-refractivity contribution in [1.29, 1.82) is 0 Å². The normalized spacial score (nSPS) is 18.6. The molecule has 1 saturated heterocycles. The predicted octanol–water partition coefficient (Wildman–Crippen LogP) is 6.89. The molecule has 1 N–H and O–H groups in total. The minimum absolute atomic E-state index is 0.140. The van der Waals surface area contributed by atoms with Crippen LogP contribution in [0.3, 0.4) is 0 Å². The topological polar surface area (TPSA) is 52.7 Å². The van der Waals surface area contributed by atoms with Crippen LogP contribution >= 0.6 is 11.8 Å². The van der Waals surface area contributed by atoms with Gasteiger partial charge in [-0.1, -0.05) is 67.6 Å². The number of benzene rings is 3. The number of piperidine rings is 1. The smallest absolute Gasteiger partial charge is 0.265 e. The van der Waals surface area contributed by atoms with Crippen LogP contribution in [-0.4, -0.2) is 42.4 Å². The van der Waals surface area contributed by atoms with Crippen molar-refractivity contribution < 1.29 is 14.0 Å². The van der Waals surface area contributed by atoms with E-state index in [9.17, 15) is 14.0 Å². The molecule has 208 valence electrons. The quantitative estimate of drug-likeness (QED) is 0.230. The zero-order chi connectivity index (χ0) is 27.9. The van der Waals surface area contributed by atoms with Crippen LogP contribution in [0.1, 0.15) is 60.5 Å². The summed E-state index contributed by atoms with van der Waals surface area (Å²) in [5, 5.41) is 3.07. The average molecular weight is 558 g/mol. The first-order chi connectivity index (χ1) is 19.5. The summed E-state index contributed by atoms with van der Waals surface area (Å²) in [7, 11) is 0. The second kappa shape index (κ2) is 13.3. The van der Waals surface area contributed by atoms with E-state index in [-0.39, 0.29) is 24.2 Å². The van der Waals surface area contributed by atoms with Gasteiger partial charge in [0.1, 0.15) is 5.82 Å². The number of hydrogen-bond acceptors (Lipinski definition) is 4. The summed E-state index contributed by atoms with van der Waals surface area (Å²) in [6.45, 7) is 5.28. The Morgan fingerprint density at radius 2 is 1.88 bits per heavy atom. The monoisotopic (exact) mass is 557 g/mol. The number of carbonyl (C=O) groups excluding carboxylic acids is 2. The summed E-state index contributed by atoms with van der Waals surface area (Å²) >= 11 is 1.41. The highest BCUT2D eigenvalue weighted by atomic mass is 32.2. The van der Waals surface area contributed by atoms with Crippen LogP contribution in [0.4, 0.5) is 10.1 Å². The number of carbonyl (C=O) groups is 2. The third-order valence-electron chi connectivity index (χ3n) is 7.67. The molecule has 1 atom stereocenters. The van der Waals surface area contributed by atoms with Crippen molar-refractivity contribution in [2.45, 2.75) is 56.5 Å². The van der Waals surface area contributed by atoms with Gasteiger partial charge < -0.3 is 15.1 Å². The summed E-state index contributed by atoms with van der Waals surface area (Å²) in [5.74, 6) is -0.604. The minimum Gasteiger partial charge on any atom is -0.352 e. The van der Waals surface area contributed by atoms with Crippen LogP contribution < -0.4 is 10.2 Å². The molecule has 2 aliphatic heterocycles. The van der Waals surface area contributed by atoms with Crippen LogP contribution in [0.5, 0.6) is 0 Å². The van der Waals surface area contributed by atoms with Gasteiger partial charge in [-0.2, -0.15) is 0 Å². The second-order valence-electron chi connectivity index (χ2n) is 10.4. The van der Waals surface area contributed by atoms with Crippen LogP contribution in [0, 0.1) is 5.82 Å². The molecule has 2 aliphatic rings. The number of hydrogen-bond donors (Lipinski definition) is 1. The molecule has 0 saturated carbocycles. The second-order valence-corrected chi connectivity index (χ2v) is 11.5. The molecule has 0 bridgehead atoms. The lowest BCUT2D eigenvalue weighted by molar-refractivity contribution is -0.114. The number of fused-ring (bicyclic) bond motifs is 1. The number of rotatable bonds is 9. The van der Waals surface area contributed by atoms with E-state index in [0.29, 0.717) is 28.7 Å². The molecule has 0 spiro atoms. The standard InChI is InChI=1S/C33H36FN3O2S/c1-2-28-11-6-7-19-36(28)20-8-18-35-32(38)26-14-17-30-29(22-26)37(23-25-12-15-27(34)16-13-25)33(39)31(40-30)21-24-9-4-3-5-10-24/h3-5,9-10,12-17,21-22,28H,2,6-8,11,18-20,23H2,1H3,(H,35,38)/b31-21-/t28-/m0/s1. The zero-order valence-electron chi connectivity index (χ0n) is 22.9. The maximum Gasteiger partial charge on any atom is 0.265 e. The Hall–Kier alpha value is -3.42. The van der Waals surface area contributed by atoms with Crippen LogP contribution in [0.15, 0.2) is 82.6 Å². The Kier molecular flexibility index (Phi) is 9.34. The SMILES string of the molecule is CC[C@H]1CCCCN1CCCNC(=O)c1ccc2c(c1)N(Cc1ccc(F)cc1)C(=O)/C(=C/c1ccccc1)S2. The largest absolute Gasteiger partial charge is 0.352 e. The number of anilines is 1. The van der Waals surface area contributed by atoms with Gasteiger partial charge in [0.15, 0.2) is 0 Å². The maximum atomic E-state index is 13.7. The predicted molar refractivity (Wildman–Crippen MR) is 161 cm³/mol. The van der Waals surface area contributed by atoms with Gasteiger partial charge in [-0.25, -0.2) is 4.39 Å². The average Bonchev–Trinajstić information content (AvgIpc) is 2.99. The van der Waals surface area contributed by atoms with Gasteiger partial charge in [-0.15, -0.1) is 0 Å². The molecule has 5 nitrogen and oxygen atoms in total. The van der Waals surface area contributed by atoms with Gasteiger partial charge in [0.05, 0.1) is 17.1 Å². The lowest BCUT2D eigenvalue weighted by Gasteiger charge is -2.35. The van der Waals surface area contributed by atoms with Crippen molar-refractivity contribution in [1.82, 2.24) is 10.2 Å². The molecular formula is C33H36FN3O2S. The molecule has 2 heterocycles. The minimum atomic E-state index is -0.321. The highest BCUT2D eigenvalue weighted by Gasteiger charge is 2.30. The number of likely N-dealkylation sites (tertiary alicyclic amines) is 1. The first-order valence-corrected chi connectivity index (χ1v) is 15.0. The summed E-state index contributed by atoms with van der Waals surface area (Å²) in [5.41, 5.74) is 2.96. The highest BCUT2D eigenvalue weighted by molar-refractivity contribution is 8.04. The Labute approximate surface area is 240 Å². The fraction of sp³-hybridized carbons (Fsp3) is 0.333. The van der Waals surface area contributed by atoms with Crippen molar-refractivity contribution in [2.75, 3.05) is 24.5 Å². The van der Waals surface area contributed by atoms with E-state index in [0.717, 1.165) is 35.5 Å². The molecule has 3 aromatic rings. The third kappa shape index (κ3) is 6.83. The fourth-order valence-corrected chi connectivity index (χ4v) is 6.52. The number of thioether (sulfide) groups is 1. The van der Waals surface area contributed by atoms with Crippen LogP contribution in [0.2, 0.25) is 0 Å². The van der Waals surface area contributed by atoms with E-state index in [4.69, 9.17) is 0 Å². The zero-order valence-corrected chi connectivity index (χ0v) is 23.8. The number of halogens is 1. The lowest BCUT2D eigenvalue weighted by atomic mass is 10.00. The molecule has 7 heteroatoms. The summed E-state index contributed by atoms with van der Waals surface area (Å²) in [4.78, 5) is 32.6. The molecule has 0 aromatic heterocycles. The van der Waals surface area contributed by atoms with Crippen molar-refractivity contribution in [3.05, 3.63) is 100 Å². The molecule has 5 rings (SSSR count). The molecule has 0 unspecified atom stereocenters.